The highest BCUT2D eigenvalue weighted by Gasteiger charge is 2.41. The molecular weight excluding hydrogens is 420 g/mol. The van der Waals surface area contributed by atoms with Crippen molar-refractivity contribution >= 4 is 21.9 Å². The first kappa shape index (κ1) is 21.9. The number of halogens is 1. The second-order valence-corrected chi connectivity index (χ2v) is 7.03. The second-order valence-electron chi connectivity index (χ2n) is 6.17. The number of hydrogen-bond acceptors (Lipinski definition) is 7. The molecule has 0 amide bonds. The van der Waals surface area contributed by atoms with E-state index in [1.165, 1.54) is 14.2 Å². The van der Waals surface area contributed by atoms with Crippen LogP contribution in [0.3, 0.4) is 0 Å². The monoisotopic (exact) mass is 446 g/mol. The molecule has 1 aromatic carbocycles. The SMILES string of the molecule is CCCCC[C@H]1OC(=O)c2c(OCOC)c(Br)cc(OCOC)c2[C@@H]1OC. The fourth-order valence-corrected chi connectivity index (χ4v) is 3.65. The largest absolute Gasteiger partial charge is 0.467 e. The molecule has 0 spiro atoms. The van der Waals surface area contributed by atoms with Crippen molar-refractivity contribution in [1.82, 2.24) is 0 Å². The summed E-state index contributed by atoms with van der Waals surface area (Å²) in [4.78, 5) is 12.8. The van der Waals surface area contributed by atoms with Crippen LogP contribution in [0.5, 0.6) is 11.5 Å². The number of esters is 1. The molecule has 0 aliphatic carbocycles. The molecule has 0 unspecified atom stereocenters. The van der Waals surface area contributed by atoms with Crippen molar-refractivity contribution in [2.75, 3.05) is 34.9 Å². The first-order valence-electron chi connectivity index (χ1n) is 8.92. The van der Waals surface area contributed by atoms with Gasteiger partial charge in [-0.15, -0.1) is 0 Å². The van der Waals surface area contributed by atoms with Gasteiger partial charge in [-0.2, -0.15) is 0 Å². The summed E-state index contributed by atoms with van der Waals surface area (Å²) in [6, 6.07) is 1.75. The van der Waals surface area contributed by atoms with E-state index in [0.717, 1.165) is 19.3 Å². The van der Waals surface area contributed by atoms with Crippen molar-refractivity contribution in [3.63, 3.8) is 0 Å². The molecule has 2 atom stereocenters. The van der Waals surface area contributed by atoms with Gasteiger partial charge in [0, 0.05) is 26.9 Å². The number of fused-ring (bicyclic) bond motifs is 1. The molecule has 1 aliphatic rings. The van der Waals surface area contributed by atoms with Gasteiger partial charge >= 0.3 is 5.97 Å². The van der Waals surface area contributed by atoms with E-state index in [1.807, 2.05) is 0 Å². The Morgan fingerprint density at radius 1 is 1.11 bits per heavy atom. The van der Waals surface area contributed by atoms with Crippen molar-refractivity contribution < 1.29 is 33.2 Å². The number of benzene rings is 1. The molecule has 0 bridgehead atoms. The molecule has 0 aromatic heterocycles. The fourth-order valence-electron chi connectivity index (χ4n) is 3.13. The number of carbonyl (C=O) groups is 1. The standard InChI is InChI=1S/C19H27BrO7/c1-5-6-7-8-13-18(24-4)15-14(25-10-22-2)9-12(20)17(26-11-23-3)16(15)19(21)27-13/h9,13,18H,5-8,10-11H2,1-4H3/t13-,18-/m1/s1. The zero-order valence-corrected chi connectivity index (χ0v) is 17.8. The summed E-state index contributed by atoms with van der Waals surface area (Å²) in [5, 5.41) is 0. The predicted octanol–water partition coefficient (Wildman–Crippen LogP) is 4.22. The van der Waals surface area contributed by atoms with Gasteiger partial charge < -0.3 is 28.4 Å². The summed E-state index contributed by atoms with van der Waals surface area (Å²) in [5.74, 6) is 0.373. The third-order valence-corrected chi connectivity index (χ3v) is 4.91. The van der Waals surface area contributed by atoms with Crippen LogP contribution < -0.4 is 9.47 Å². The van der Waals surface area contributed by atoms with Gasteiger partial charge in [-0.3, -0.25) is 0 Å². The van der Waals surface area contributed by atoms with E-state index in [1.54, 1.807) is 13.2 Å². The van der Waals surface area contributed by atoms with E-state index in [0.29, 0.717) is 28.0 Å². The normalized spacial score (nSPS) is 18.8. The number of ether oxygens (including phenoxy) is 6. The van der Waals surface area contributed by atoms with Crippen LogP contribution in [0.4, 0.5) is 0 Å². The van der Waals surface area contributed by atoms with Gasteiger partial charge in [0.05, 0.1) is 4.47 Å². The number of rotatable bonds is 11. The number of methoxy groups -OCH3 is 3. The van der Waals surface area contributed by atoms with Gasteiger partial charge in [0.25, 0.3) is 0 Å². The van der Waals surface area contributed by atoms with Crippen LogP contribution in [0, 0.1) is 0 Å². The molecule has 27 heavy (non-hydrogen) atoms. The maximum atomic E-state index is 12.8. The van der Waals surface area contributed by atoms with Gasteiger partial charge in [-0.25, -0.2) is 4.79 Å². The molecule has 8 heteroatoms. The predicted molar refractivity (Wildman–Crippen MR) is 102 cm³/mol. The van der Waals surface area contributed by atoms with Gasteiger partial charge in [-0.1, -0.05) is 19.8 Å². The van der Waals surface area contributed by atoms with Crippen LogP contribution in [-0.2, 0) is 18.9 Å². The third kappa shape index (κ3) is 5.13. The Bertz CT molecular complexity index is 635. The Morgan fingerprint density at radius 2 is 1.81 bits per heavy atom. The highest BCUT2D eigenvalue weighted by molar-refractivity contribution is 9.10. The molecule has 0 fully saturated rings. The average Bonchev–Trinajstić information content (AvgIpc) is 2.66. The summed E-state index contributed by atoms with van der Waals surface area (Å²) in [7, 11) is 4.64. The van der Waals surface area contributed by atoms with Crippen LogP contribution in [-0.4, -0.2) is 47.0 Å². The Kier molecular flexibility index (Phi) is 8.82. The molecule has 0 radical (unpaired) electrons. The molecule has 0 N–H and O–H groups in total. The third-order valence-electron chi connectivity index (χ3n) is 4.32. The molecule has 152 valence electrons. The lowest BCUT2D eigenvalue weighted by Crippen LogP contribution is -2.34. The maximum absolute atomic E-state index is 12.8. The molecule has 1 aromatic rings. The summed E-state index contributed by atoms with van der Waals surface area (Å²) in [6.07, 6.45) is 2.96. The van der Waals surface area contributed by atoms with Crippen molar-refractivity contribution in [1.29, 1.82) is 0 Å². The Hall–Kier alpha value is -1.35. The van der Waals surface area contributed by atoms with Crippen LogP contribution in [0.1, 0.15) is 54.6 Å². The Labute approximate surface area is 168 Å². The quantitative estimate of drug-likeness (QED) is 0.286. The van der Waals surface area contributed by atoms with E-state index in [4.69, 9.17) is 28.4 Å². The van der Waals surface area contributed by atoms with Gasteiger partial charge in [0.2, 0.25) is 0 Å². The lowest BCUT2D eigenvalue weighted by Gasteiger charge is -2.34. The smallest absolute Gasteiger partial charge is 0.342 e. The molecule has 2 rings (SSSR count). The van der Waals surface area contributed by atoms with E-state index in [2.05, 4.69) is 22.9 Å². The first-order chi connectivity index (χ1) is 13.1. The minimum Gasteiger partial charge on any atom is -0.467 e. The van der Waals surface area contributed by atoms with Crippen molar-refractivity contribution in [3.05, 3.63) is 21.7 Å². The van der Waals surface area contributed by atoms with Crippen LogP contribution in [0.2, 0.25) is 0 Å². The second kappa shape index (κ2) is 10.8. The highest BCUT2D eigenvalue weighted by Crippen LogP contribution is 2.47. The average molecular weight is 447 g/mol. The number of unbranched alkanes of at least 4 members (excludes halogenated alkanes) is 2. The topological polar surface area (TPSA) is 72.5 Å². The Morgan fingerprint density at radius 3 is 2.44 bits per heavy atom. The van der Waals surface area contributed by atoms with E-state index in [-0.39, 0.29) is 25.3 Å². The molecule has 0 saturated carbocycles. The molecule has 1 aliphatic heterocycles. The number of cyclic esters (lactones) is 1. The van der Waals surface area contributed by atoms with Gasteiger partial charge in [0.15, 0.2) is 19.3 Å². The van der Waals surface area contributed by atoms with Crippen LogP contribution in [0.15, 0.2) is 10.5 Å². The van der Waals surface area contributed by atoms with Crippen LogP contribution >= 0.6 is 15.9 Å². The summed E-state index contributed by atoms with van der Waals surface area (Å²) < 4.78 is 33.4. The van der Waals surface area contributed by atoms with Crippen molar-refractivity contribution in [2.24, 2.45) is 0 Å². The zero-order valence-electron chi connectivity index (χ0n) is 16.2. The maximum Gasteiger partial charge on any atom is 0.342 e. The van der Waals surface area contributed by atoms with Crippen molar-refractivity contribution in [2.45, 2.75) is 44.8 Å². The Balaban J connectivity index is 2.51. The molecule has 1 heterocycles. The van der Waals surface area contributed by atoms with Crippen molar-refractivity contribution in [3.8, 4) is 11.5 Å². The molecule has 7 nitrogen and oxygen atoms in total. The molecular formula is C19H27BrO7. The van der Waals surface area contributed by atoms with Gasteiger partial charge in [0.1, 0.15) is 23.5 Å². The lowest BCUT2D eigenvalue weighted by molar-refractivity contribution is -0.0535. The minimum atomic E-state index is -0.463. The zero-order chi connectivity index (χ0) is 19.8. The van der Waals surface area contributed by atoms with E-state index in [9.17, 15) is 4.79 Å². The van der Waals surface area contributed by atoms with E-state index < -0.39 is 12.1 Å². The summed E-state index contributed by atoms with van der Waals surface area (Å²) in [5.41, 5.74) is 0.896. The lowest BCUT2D eigenvalue weighted by atomic mass is 9.91. The van der Waals surface area contributed by atoms with Gasteiger partial charge in [-0.05, 0) is 34.8 Å². The molecule has 0 saturated heterocycles. The van der Waals surface area contributed by atoms with E-state index >= 15 is 0 Å². The number of hydrogen-bond donors (Lipinski definition) is 0. The minimum absolute atomic E-state index is 0.00578. The summed E-state index contributed by atoms with van der Waals surface area (Å²) >= 11 is 3.43. The first-order valence-corrected chi connectivity index (χ1v) is 9.71. The summed E-state index contributed by atoms with van der Waals surface area (Å²) in [6.45, 7) is 2.17. The highest BCUT2D eigenvalue weighted by atomic mass is 79.9. The van der Waals surface area contributed by atoms with Crippen LogP contribution in [0.25, 0.3) is 0 Å². The number of carbonyl (C=O) groups excluding carboxylic acids is 1. The fraction of sp³-hybridized carbons (Fsp3) is 0.632.